The number of halogens is 1. The van der Waals surface area contributed by atoms with Gasteiger partial charge in [-0.2, -0.15) is 0 Å². The van der Waals surface area contributed by atoms with E-state index in [-0.39, 0.29) is 23.2 Å². The van der Waals surface area contributed by atoms with Gasteiger partial charge in [0.05, 0.1) is 4.90 Å². The number of hydrogen-bond acceptors (Lipinski definition) is 4. The molecule has 126 valence electrons. The van der Waals surface area contributed by atoms with Crippen LogP contribution >= 0.6 is 12.4 Å². The molecule has 0 aliphatic carbocycles. The number of nitrogens with one attached hydrogen (secondary N) is 3. The lowest BCUT2D eigenvalue weighted by Crippen LogP contribution is -2.32. The highest BCUT2D eigenvalue weighted by Gasteiger charge is 2.13. The van der Waals surface area contributed by atoms with Crippen molar-refractivity contribution in [3.8, 4) is 0 Å². The summed E-state index contributed by atoms with van der Waals surface area (Å²) in [5.74, 6) is -0.106. The van der Waals surface area contributed by atoms with Crippen molar-refractivity contribution in [3.63, 3.8) is 0 Å². The molecule has 0 bridgehead atoms. The van der Waals surface area contributed by atoms with E-state index < -0.39 is 10.0 Å². The van der Waals surface area contributed by atoms with E-state index in [0.29, 0.717) is 25.2 Å². The minimum absolute atomic E-state index is 0. The van der Waals surface area contributed by atoms with E-state index in [2.05, 4.69) is 22.3 Å². The highest BCUT2D eigenvalue weighted by molar-refractivity contribution is 7.89. The fraction of sp³-hybridized carbons (Fsp3) is 0.500. The van der Waals surface area contributed by atoms with Crippen LogP contribution in [0.2, 0.25) is 0 Å². The standard InChI is InChI=1S/C14H23N3O3S.ClH/c1-3-9-15-10-11-16-21(19,20)13-7-5-12(6-8-13)17-14(18)4-2;/h5-8,15-16H,3-4,9-11H2,1-2H3,(H,17,18);1H. The lowest BCUT2D eigenvalue weighted by molar-refractivity contribution is -0.115. The molecule has 3 N–H and O–H groups in total. The molecule has 0 aliphatic heterocycles. The van der Waals surface area contributed by atoms with Gasteiger partial charge in [-0.05, 0) is 37.2 Å². The molecule has 0 fully saturated rings. The summed E-state index contributed by atoms with van der Waals surface area (Å²) in [6, 6.07) is 6.12. The van der Waals surface area contributed by atoms with E-state index in [1.807, 2.05) is 0 Å². The summed E-state index contributed by atoms with van der Waals surface area (Å²) in [4.78, 5) is 11.4. The molecule has 0 heterocycles. The SMILES string of the molecule is CCCNCCNS(=O)(=O)c1ccc(NC(=O)CC)cc1.Cl. The summed E-state index contributed by atoms with van der Waals surface area (Å²) >= 11 is 0. The Morgan fingerprint density at radius 1 is 1.05 bits per heavy atom. The first-order valence-electron chi connectivity index (χ1n) is 7.10. The summed E-state index contributed by atoms with van der Waals surface area (Å²) < 4.78 is 26.6. The van der Waals surface area contributed by atoms with Crippen LogP contribution in [0.5, 0.6) is 0 Å². The molecular weight excluding hydrogens is 326 g/mol. The van der Waals surface area contributed by atoms with Crippen molar-refractivity contribution in [1.29, 1.82) is 0 Å². The van der Waals surface area contributed by atoms with Crippen molar-refractivity contribution in [2.45, 2.75) is 31.6 Å². The van der Waals surface area contributed by atoms with Crippen LogP contribution in [0.15, 0.2) is 29.2 Å². The molecule has 0 radical (unpaired) electrons. The Balaban J connectivity index is 0.00000441. The minimum Gasteiger partial charge on any atom is -0.326 e. The monoisotopic (exact) mass is 349 g/mol. The first kappa shape index (κ1) is 20.9. The number of hydrogen-bond donors (Lipinski definition) is 3. The molecule has 0 aromatic heterocycles. The number of carbonyl (C=O) groups is 1. The van der Waals surface area contributed by atoms with Crippen LogP contribution in [0.4, 0.5) is 5.69 Å². The molecule has 6 nitrogen and oxygen atoms in total. The van der Waals surface area contributed by atoms with Gasteiger partial charge in [-0.15, -0.1) is 12.4 Å². The second-order valence-electron chi connectivity index (χ2n) is 4.57. The average Bonchev–Trinajstić information content (AvgIpc) is 2.47. The van der Waals surface area contributed by atoms with Crippen LogP contribution in [0, 0.1) is 0 Å². The number of rotatable bonds is 9. The third kappa shape index (κ3) is 7.22. The van der Waals surface area contributed by atoms with Crippen LogP contribution in [-0.2, 0) is 14.8 Å². The number of anilines is 1. The molecule has 1 amide bonds. The molecule has 0 unspecified atom stereocenters. The van der Waals surface area contributed by atoms with Gasteiger partial charge in [0, 0.05) is 25.2 Å². The molecule has 0 spiro atoms. The van der Waals surface area contributed by atoms with Crippen molar-refractivity contribution < 1.29 is 13.2 Å². The van der Waals surface area contributed by atoms with E-state index >= 15 is 0 Å². The van der Waals surface area contributed by atoms with Crippen molar-refractivity contribution in [1.82, 2.24) is 10.0 Å². The van der Waals surface area contributed by atoms with Gasteiger partial charge >= 0.3 is 0 Å². The molecular formula is C14H24ClN3O3S. The van der Waals surface area contributed by atoms with Crippen molar-refractivity contribution in [2.24, 2.45) is 0 Å². The number of benzene rings is 1. The van der Waals surface area contributed by atoms with Crippen LogP contribution in [-0.4, -0.2) is 34.0 Å². The molecule has 1 rings (SSSR count). The summed E-state index contributed by atoms with van der Waals surface area (Å²) in [6.45, 7) is 5.61. The Bertz CT molecular complexity index is 547. The summed E-state index contributed by atoms with van der Waals surface area (Å²) in [5, 5.41) is 5.79. The summed E-state index contributed by atoms with van der Waals surface area (Å²) in [6.07, 6.45) is 1.39. The lowest BCUT2D eigenvalue weighted by atomic mass is 10.3. The normalized spacial score (nSPS) is 10.8. The smallest absolute Gasteiger partial charge is 0.240 e. The Hall–Kier alpha value is -1.15. The van der Waals surface area contributed by atoms with E-state index in [0.717, 1.165) is 13.0 Å². The van der Waals surface area contributed by atoms with Gasteiger partial charge < -0.3 is 10.6 Å². The Morgan fingerprint density at radius 3 is 2.23 bits per heavy atom. The molecule has 8 heteroatoms. The second kappa shape index (κ2) is 10.6. The number of sulfonamides is 1. The van der Waals surface area contributed by atoms with Crippen LogP contribution in [0.1, 0.15) is 26.7 Å². The topological polar surface area (TPSA) is 87.3 Å². The predicted molar refractivity (Wildman–Crippen MR) is 91.0 cm³/mol. The molecule has 22 heavy (non-hydrogen) atoms. The zero-order chi connectivity index (χ0) is 15.7. The summed E-state index contributed by atoms with van der Waals surface area (Å²) in [7, 11) is -3.50. The highest BCUT2D eigenvalue weighted by Crippen LogP contribution is 2.13. The van der Waals surface area contributed by atoms with Crippen molar-refractivity contribution in [2.75, 3.05) is 25.0 Å². The fourth-order valence-corrected chi connectivity index (χ4v) is 2.66. The number of carbonyl (C=O) groups excluding carboxylic acids is 1. The highest BCUT2D eigenvalue weighted by atomic mass is 35.5. The molecule has 0 saturated carbocycles. The maximum Gasteiger partial charge on any atom is 0.240 e. The molecule has 0 aliphatic rings. The third-order valence-corrected chi connectivity index (χ3v) is 4.27. The molecule has 0 atom stereocenters. The van der Waals surface area contributed by atoms with Crippen LogP contribution in [0.3, 0.4) is 0 Å². The zero-order valence-corrected chi connectivity index (χ0v) is 14.5. The van der Waals surface area contributed by atoms with Gasteiger partial charge in [-0.25, -0.2) is 13.1 Å². The average molecular weight is 350 g/mol. The summed E-state index contributed by atoms with van der Waals surface area (Å²) in [5.41, 5.74) is 0.588. The maximum atomic E-state index is 12.0. The van der Waals surface area contributed by atoms with Gasteiger partial charge in [0.15, 0.2) is 0 Å². The zero-order valence-electron chi connectivity index (χ0n) is 12.9. The molecule has 1 aromatic rings. The van der Waals surface area contributed by atoms with Gasteiger partial charge in [0.2, 0.25) is 15.9 Å². The van der Waals surface area contributed by atoms with E-state index in [4.69, 9.17) is 0 Å². The Morgan fingerprint density at radius 2 is 1.68 bits per heavy atom. The fourth-order valence-electron chi connectivity index (χ4n) is 1.63. The van der Waals surface area contributed by atoms with E-state index in [1.54, 1.807) is 19.1 Å². The van der Waals surface area contributed by atoms with Gasteiger partial charge in [-0.3, -0.25) is 4.79 Å². The van der Waals surface area contributed by atoms with Crippen molar-refractivity contribution in [3.05, 3.63) is 24.3 Å². The quantitative estimate of drug-likeness (QED) is 0.592. The first-order valence-corrected chi connectivity index (χ1v) is 8.58. The maximum absolute atomic E-state index is 12.0. The van der Waals surface area contributed by atoms with Crippen LogP contribution in [0.25, 0.3) is 0 Å². The number of amides is 1. The first-order chi connectivity index (χ1) is 9.99. The van der Waals surface area contributed by atoms with Gasteiger partial charge in [0.1, 0.15) is 0 Å². The molecule has 1 aromatic carbocycles. The lowest BCUT2D eigenvalue weighted by Gasteiger charge is -2.08. The minimum atomic E-state index is -3.50. The predicted octanol–water partition coefficient (Wildman–Crippen LogP) is 1.73. The third-order valence-electron chi connectivity index (χ3n) is 2.79. The molecule has 0 saturated heterocycles. The Labute approximate surface area is 138 Å². The second-order valence-corrected chi connectivity index (χ2v) is 6.34. The van der Waals surface area contributed by atoms with Crippen LogP contribution < -0.4 is 15.4 Å². The Kier molecular flexibility index (Phi) is 10.0. The van der Waals surface area contributed by atoms with Gasteiger partial charge in [-0.1, -0.05) is 13.8 Å². The van der Waals surface area contributed by atoms with Crippen molar-refractivity contribution >= 4 is 34.0 Å². The van der Waals surface area contributed by atoms with E-state index in [9.17, 15) is 13.2 Å². The largest absolute Gasteiger partial charge is 0.326 e. The van der Waals surface area contributed by atoms with Gasteiger partial charge in [0.25, 0.3) is 0 Å². The van der Waals surface area contributed by atoms with E-state index in [1.165, 1.54) is 12.1 Å².